The second-order valence-electron chi connectivity index (χ2n) is 6.58. The van der Waals surface area contributed by atoms with Gasteiger partial charge < -0.3 is 10.1 Å². The van der Waals surface area contributed by atoms with Gasteiger partial charge in [0.2, 0.25) is 0 Å². The number of aryl methyl sites for hydroxylation is 1. The van der Waals surface area contributed by atoms with Gasteiger partial charge in [-0.15, -0.1) is 0 Å². The highest BCUT2D eigenvalue weighted by molar-refractivity contribution is 5.93. The van der Waals surface area contributed by atoms with Crippen molar-refractivity contribution in [2.45, 2.75) is 57.9 Å². The standard InChI is InChI=1S/C17H27N3O3/c1-11(2)14-10-15(20(3)19-14)16(21)18-13-9-7-5-6-8-12(13)17(22)23-4/h10-13H,5-9H2,1-4H3,(H,18,21)/t12-,13-/m1/s1. The average molecular weight is 321 g/mol. The monoisotopic (exact) mass is 321 g/mol. The zero-order valence-electron chi connectivity index (χ0n) is 14.5. The Morgan fingerprint density at radius 3 is 2.61 bits per heavy atom. The summed E-state index contributed by atoms with van der Waals surface area (Å²) in [4.78, 5) is 24.6. The first-order valence-electron chi connectivity index (χ1n) is 8.36. The first kappa shape index (κ1) is 17.5. The van der Waals surface area contributed by atoms with E-state index in [9.17, 15) is 9.59 Å². The van der Waals surface area contributed by atoms with Crippen LogP contribution >= 0.6 is 0 Å². The first-order chi connectivity index (χ1) is 10.9. The largest absolute Gasteiger partial charge is 0.469 e. The lowest BCUT2D eigenvalue weighted by Gasteiger charge is -2.24. The maximum Gasteiger partial charge on any atom is 0.310 e. The molecule has 1 aliphatic rings. The Balaban J connectivity index is 2.14. The molecule has 0 saturated heterocycles. The topological polar surface area (TPSA) is 73.2 Å². The summed E-state index contributed by atoms with van der Waals surface area (Å²) in [6.07, 6.45) is 4.67. The van der Waals surface area contributed by atoms with Crippen LogP contribution in [0.25, 0.3) is 0 Å². The highest BCUT2D eigenvalue weighted by Crippen LogP contribution is 2.25. The van der Waals surface area contributed by atoms with Crippen LogP contribution in [0.5, 0.6) is 0 Å². The second-order valence-corrected chi connectivity index (χ2v) is 6.58. The van der Waals surface area contributed by atoms with Crippen molar-refractivity contribution in [3.05, 3.63) is 17.5 Å². The predicted octanol–water partition coefficient (Wildman–Crippen LogP) is 2.40. The van der Waals surface area contributed by atoms with Crippen LogP contribution in [0.3, 0.4) is 0 Å². The Hall–Kier alpha value is -1.85. The van der Waals surface area contributed by atoms with Crippen molar-refractivity contribution in [1.82, 2.24) is 15.1 Å². The summed E-state index contributed by atoms with van der Waals surface area (Å²) >= 11 is 0. The van der Waals surface area contributed by atoms with Crippen LogP contribution < -0.4 is 5.32 Å². The number of carbonyl (C=O) groups excluding carboxylic acids is 2. The van der Waals surface area contributed by atoms with E-state index in [0.29, 0.717) is 5.69 Å². The highest BCUT2D eigenvalue weighted by atomic mass is 16.5. The number of nitrogens with one attached hydrogen (secondary N) is 1. The smallest absolute Gasteiger partial charge is 0.310 e. The number of hydrogen-bond donors (Lipinski definition) is 1. The number of carbonyl (C=O) groups is 2. The molecule has 1 aliphatic carbocycles. The van der Waals surface area contributed by atoms with E-state index in [1.807, 2.05) is 19.9 Å². The minimum atomic E-state index is -0.260. The summed E-state index contributed by atoms with van der Waals surface area (Å²) < 4.78 is 6.52. The second kappa shape index (κ2) is 7.62. The minimum absolute atomic E-state index is 0.171. The van der Waals surface area contributed by atoms with Crippen LogP contribution in [0.1, 0.15) is 68.1 Å². The molecule has 1 amide bonds. The first-order valence-corrected chi connectivity index (χ1v) is 8.36. The minimum Gasteiger partial charge on any atom is -0.469 e. The number of aromatic nitrogens is 2. The fraction of sp³-hybridized carbons (Fsp3) is 0.706. The van der Waals surface area contributed by atoms with E-state index in [4.69, 9.17) is 4.74 Å². The normalized spacial score (nSPS) is 21.8. The van der Waals surface area contributed by atoms with Crippen LogP contribution in [-0.2, 0) is 16.6 Å². The van der Waals surface area contributed by atoms with E-state index >= 15 is 0 Å². The average Bonchev–Trinajstić information content (AvgIpc) is 2.76. The van der Waals surface area contributed by atoms with Gasteiger partial charge in [-0.2, -0.15) is 5.10 Å². The molecule has 2 atom stereocenters. The van der Waals surface area contributed by atoms with Gasteiger partial charge in [-0.3, -0.25) is 14.3 Å². The molecule has 1 aromatic heterocycles. The Morgan fingerprint density at radius 1 is 1.30 bits per heavy atom. The van der Waals surface area contributed by atoms with Crippen molar-refractivity contribution in [3.8, 4) is 0 Å². The quantitative estimate of drug-likeness (QED) is 0.682. The Kier molecular flexibility index (Phi) is 5.80. The molecule has 1 fully saturated rings. The van der Waals surface area contributed by atoms with Crippen molar-refractivity contribution in [2.24, 2.45) is 13.0 Å². The maximum absolute atomic E-state index is 12.6. The lowest BCUT2D eigenvalue weighted by atomic mass is 9.94. The van der Waals surface area contributed by atoms with Crippen LogP contribution in [0.4, 0.5) is 0 Å². The maximum atomic E-state index is 12.6. The molecule has 6 nitrogen and oxygen atoms in total. The molecule has 1 N–H and O–H groups in total. The lowest BCUT2D eigenvalue weighted by Crippen LogP contribution is -2.43. The van der Waals surface area contributed by atoms with Crippen LogP contribution in [0.2, 0.25) is 0 Å². The van der Waals surface area contributed by atoms with Crippen molar-refractivity contribution < 1.29 is 14.3 Å². The summed E-state index contributed by atoms with van der Waals surface area (Å²) in [6.45, 7) is 4.09. The molecule has 0 radical (unpaired) electrons. The molecule has 1 heterocycles. The van der Waals surface area contributed by atoms with Gasteiger partial charge in [-0.05, 0) is 24.8 Å². The molecular formula is C17H27N3O3. The van der Waals surface area contributed by atoms with E-state index in [2.05, 4.69) is 10.4 Å². The van der Waals surface area contributed by atoms with Crippen LogP contribution in [0, 0.1) is 5.92 Å². The fourth-order valence-corrected chi connectivity index (χ4v) is 3.14. The van der Waals surface area contributed by atoms with Crippen LogP contribution in [-0.4, -0.2) is 34.8 Å². The molecular weight excluding hydrogens is 294 g/mol. The van der Waals surface area contributed by atoms with E-state index in [0.717, 1.165) is 37.8 Å². The van der Waals surface area contributed by atoms with Crippen molar-refractivity contribution >= 4 is 11.9 Å². The van der Waals surface area contributed by atoms with E-state index in [1.165, 1.54) is 7.11 Å². The zero-order chi connectivity index (χ0) is 17.0. The zero-order valence-corrected chi connectivity index (χ0v) is 14.5. The SMILES string of the molecule is COC(=O)[C@@H]1CCCCC[C@H]1NC(=O)c1cc(C(C)C)nn1C. The summed E-state index contributed by atoms with van der Waals surface area (Å²) in [7, 11) is 3.17. The number of ether oxygens (including phenoxy) is 1. The van der Waals surface area contributed by atoms with Crippen molar-refractivity contribution in [1.29, 1.82) is 0 Å². The third-order valence-corrected chi connectivity index (χ3v) is 4.56. The number of nitrogens with zero attached hydrogens (tertiary/aromatic N) is 2. The molecule has 23 heavy (non-hydrogen) atoms. The summed E-state index contributed by atoms with van der Waals surface area (Å²) in [6, 6.07) is 1.65. The Morgan fingerprint density at radius 2 is 2.00 bits per heavy atom. The number of amides is 1. The van der Waals surface area contributed by atoms with Crippen LogP contribution in [0.15, 0.2) is 6.07 Å². The Labute approximate surface area is 137 Å². The van der Waals surface area contributed by atoms with Crippen molar-refractivity contribution in [3.63, 3.8) is 0 Å². The molecule has 6 heteroatoms. The van der Waals surface area contributed by atoms with Gasteiger partial charge in [0.1, 0.15) is 5.69 Å². The van der Waals surface area contributed by atoms with Gasteiger partial charge in [0, 0.05) is 13.1 Å². The number of methoxy groups -OCH3 is 1. The third kappa shape index (κ3) is 4.12. The van der Waals surface area contributed by atoms with Gasteiger partial charge in [0.25, 0.3) is 5.91 Å². The van der Waals surface area contributed by atoms with Gasteiger partial charge in [0.05, 0.1) is 18.7 Å². The molecule has 2 rings (SSSR count). The molecule has 0 aromatic carbocycles. The lowest BCUT2D eigenvalue weighted by molar-refractivity contribution is -0.146. The van der Waals surface area contributed by atoms with E-state index in [-0.39, 0.29) is 29.8 Å². The molecule has 0 unspecified atom stereocenters. The molecule has 0 bridgehead atoms. The highest BCUT2D eigenvalue weighted by Gasteiger charge is 2.32. The van der Waals surface area contributed by atoms with Gasteiger partial charge >= 0.3 is 5.97 Å². The van der Waals surface area contributed by atoms with E-state index < -0.39 is 0 Å². The van der Waals surface area contributed by atoms with Gasteiger partial charge in [-0.1, -0.05) is 33.1 Å². The molecule has 128 valence electrons. The van der Waals surface area contributed by atoms with Gasteiger partial charge in [0.15, 0.2) is 0 Å². The summed E-state index contributed by atoms with van der Waals surface area (Å²) in [5, 5.41) is 7.41. The number of hydrogen-bond acceptors (Lipinski definition) is 4. The Bertz CT molecular complexity index is 565. The molecule has 0 aliphatic heterocycles. The molecule has 1 saturated carbocycles. The number of rotatable bonds is 4. The summed E-state index contributed by atoms with van der Waals surface area (Å²) in [5.41, 5.74) is 1.42. The molecule has 0 spiro atoms. The van der Waals surface area contributed by atoms with E-state index in [1.54, 1.807) is 11.7 Å². The predicted molar refractivity (Wildman–Crippen MR) is 87.1 cm³/mol. The third-order valence-electron chi connectivity index (χ3n) is 4.56. The number of esters is 1. The van der Waals surface area contributed by atoms with Gasteiger partial charge in [-0.25, -0.2) is 0 Å². The van der Waals surface area contributed by atoms with Crippen molar-refractivity contribution in [2.75, 3.05) is 7.11 Å². The summed E-state index contributed by atoms with van der Waals surface area (Å²) in [5.74, 6) is -0.398. The fourth-order valence-electron chi connectivity index (χ4n) is 3.14. The molecule has 1 aromatic rings.